The fourth-order valence-corrected chi connectivity index (χ4v) is 4.89. The normalized spacial score (nSPS) is 16.0. The molecule has 150 valence electrons. The smallest absolute Gasteiger partial charge is 0.246 e. The highest BCUT2D eigenvalue weighted by molar-refractivity contribution is 7.89. The monoisotopic (exact) mass is 410 g/mol. The maximum atomic E-state index is 13.0. The lowest BCUT2D eigenvalue weighted by molar-refractivity contribution is -0.127. The van der Waals surface area contributed by atoms with E-state index >= 15 is 0 Å². The van der Waals surface area contributed by atoms with E-state index in [0.717, 1.165) is 16.5 Å². The molecule has 0 unspecified atom stereocenters. The number of benzene rings is 2. The van der Waals surface area contributed by atoms with Crippen LogP contribution in [-0.4, -0.2) is 49.7 Å². The average molecular weight is 410 g/mol. The molecule has 0 N–H and O–H groups in total. The summed E-state index contributed by atoms with van der Waals surface area (Å²) in [5.41, 5.74) is 0. The van der Waals surface area contributed by atoms with Gasteiger partial charge in [0.1, 0.15) is 11.5 Å². The molecule has 2 heterocycles. The Morgan fingerprint density at radius 3 is 2.38 bits per heavy atom. The molecule has 0 radical (unpaired) electrons. The molecule has 0 aliphatic carbocycles. The zero-order chi connectivity index (χ0) is 20.4. The summed E-state index contributed by atoms with van der Waals surface area (Å²) in [5.74, 6) is 1.25. The first-order valence-electron chi connectivity index (χ1n) is 9.46. The van der Waals surface area contributed by atoms with Crippen LogP contribution in [0.2, 0.25) is 0 Å². The number of fused-ring (bicyclic) bond motifs is 1. The number of hydrogen-bond donors (Lipinski definition) is 0. The van der Waals surface area contributed by atoms with Crippen LogP contribution in [0, 0.1) is 6.92 Å². The maximum Gasteiger partial charge on any atom is 0.246 e. The van der Waals surface area contributed by atoms with Crippen LogP contribution in [0.1, 0.15) is 11.5 Å². The number of carbonyl (C=O) groups excluding carboxylic acids is 1. The van der Waals surface area contributed by atoms with E-state index in [-0.39, 0.29) is 23.9 Å². The van der Waals surface area contributed by atoms with Crippen molar-refractivity contribution < 1.29 is 17.6 Å². The van der Waals surface area contributed by atoms with Gasteiger partial charge in [-0.15, -0.1) is 0 Å². The predicted octanol–water partition coefficient (Wildman–Crippen LogP) is 3.29. The lowest BCUT2D eigenvalue weighted by Gasteiger charge is -2.33. The minimum atomic E-state index is -3.59. The summed E-state index contributed by atoms with van der Waals surface area (Å²) < 4.78 is 32.9. The molecule has 1 aromatic heterocycles. The van der Waals surface area contributed by atoms with Crippen LogP contribution >= 0.6 is 0 Å². The Morgan fingerprint density at radius 2 is 1.69 bits per heavy atom. The lowest BCUT2D eigenvalue weighted by atomic mass is 10.1. The van der Waals surface area contributed by atoms with E-state index in [9.17, 15) is 13.2 Å². The van der Waals surface area contributed by atoms with E-state index < -0.39 is 10.0 Å². The fourth-order valence-electron chi connectivity index (χ4n) is 3.43. The van der Waals surface area contributed by atoms with E-state index in [1.807, 2.05) is 43.3 Å². The highest BCUT2D eigenvalue weighted by atomic mass is 32.2. The number of aryl methyl sites for hydroxylation is 1. The second kappa shape index (κ2) is 7.85. The van der Waals surface area contributed by atoms with Gasteiger partial charge >= 0.3 is 0 Å². The number of sulfonamides is 1. The van der Waals surface area contributed by atoms with Crippen LogP contribution < -0.4 is 0 Å². The van der Waals surface area contributed by atoms with Crippen molar-refractivity contribution >= 4 is 32.8 Å². The van der Waals surface area contributed by atoms with Crippen molar-refractivity contribution in [2.45, 2.75) is 11.8 Å². The van der Waals surface area contributed by atoms with Gasteiger partial charge in [-0.1, -0.05) is 30.3 Å². The summed E-state index contributed by atoms with van der Waals surface area (Å²) in [7, 11) is -3.59. The zero-order valence-electron chi connectivity index (χ0n) is 16.1. The van der Waals surface area contributed by atoms with Crippen molar-refractivity contribution in [3.05, 3.63) is 72.2 Å². The largest absolute Gasteiger partial charge is 0.462 e. The van der Waals surface area contributed by atoms with E-state index in [4.69, 9.17) is 4.42 Å². The molecule has 2 aromatic carbocycles. The first-order valence-corrected chi connectivity index (χ1v) is 10.9. The first-order chi connectivity index (χ1) is 13.9. The van der Waals surface area contributed by atoms with Crippen LogP contribution in [0.25, 0.3) is 16.8 Å². The predicted molar refractivity (Wildman–Crippen MR) is 112 cm³/mol. The number of rotatable bonds is 4. The van der Waals surface area contributed by atoms with Gasteiger partial charge in [-0.05, 0) is 48.0 Å². The molecule has 1 fully saturated rings. The lowest BCUT2D eigenvalue weighted by Crippen LogP contribution is -2.50. The number of nitrogens with zero attached hydrogens (tertiary/aromatic N) is 2. The maximum absolute atomic E-state index is 13.0. The molecule has 4 rings (SSSR count). The number of amides is 1. The second-order valence-electron chi connectivity index (χ2n) is 7.02. The number of hydrogen-bond acceptors (Lipinski definition) is 4. The van der Waals surface area contributed by atoms with E-state index in [0.29, 0.717) is 18.8 Å². The van der Waals surface area contributed by atoms with Gasteiger partial charge in [-0.3, -0.25) is 4.79 Å². The summed E-state index contributed by atoms with van der Waals surface area (Å²) in [4.78, 5) is 14.3. The fraction of sp³-hybridized carbons (Fsp3) is 0.227. The van der Waals surface area contributed by atoms with E-state index in [2.05, 4.69) is 0 Å². The number of carbonyl (C=O) groups is 1. The molecule has 1 amide bonds. The van der Waals surface area contributed by atoms with Crippen LogP contribution in [-0.2, 0) is 14.8 Å². The first kappa shape index (κ1) is 19.4. The summed E-state index contributed by atoms with van der Waals surface area (Å²) in [6.45, 7) is 3.10. The Labute approximate surface area is 170 Å². The molecular weight excluding hydrogens is 388 g/mol. The minimum Gasteiger partial charge on any atom is -0.462 e. The van der Waals surface area contributed by atoms with Crippen molar-refractivity contribution in [1.82, 2.24) is 9.21 Å². The van der Waals surface area contributed by atoms with Gasteiger partial charge in [0, 0.05) is 32.3 Å². The molecule has 1 aliphatic heterocycles. The van der Waals surface area contributed by atoms with Crippen molar-refractivity contribution in [2.75, 3.05) is 26.2 Å². The Kier molecular flexibility index (Phi) is 5.25. The number of furan rings is 1. The molecule has 3 aromatic rings. The van der Waals surface area contributed by atoms with Gasteiger partial charge in [-0.2, -0.15) is 4.31 Å². The third-order valence-electron chi connectivity index (χ3n) is 5.06. The van der Waals surface area contributed by atoms with Gasteiger partial charge < -0.3 is 9.32 Å². The zero-order valence-corrected chi connectivity index (χ0v) is 16.9. The van der Waals surface area contributed by atoms with Crippen LogP contribution in [0.3, 0.4) is 0 Å². The van der Waals surface area contributed by atoms with E-state index in [1.165, 1.54) is 10.4 Å². The third kappa shape index (κ3) is 4.11. The quantitative estimate of drug-likeness (QED) is 0.619. The molecule has 0 bridgehead atoms. The van der Waals surface area contributed by atoms with Crippen LogP contribution in [0.5, 0.6) is 0 Å². The molecule has 0 atom stereocenters. The third-order valence-corrected chi connectivity index (χ3v) is 6.95. The van der Waals surface area contributed by atoms with Gasteiger partial charge in [0.25, 0.3) is 0 Å². The summed E-state index contributed by atoms with van der Waals surface area (Å²) >= 11 is 0. The molecule has 7 heteroatoms. The van der Waals surface area contributed by atoms with Crippen molar-refractivity contribution in [3.63, 3.8) is 0 Å². The standard InChI is InChI=1S/C22H22N2O4S/c1-17-6-8-20(28-17)9-11-22(25)23-12-14-24(15-13-23)29(26,27)21-10-7-18-4-2-3-5-19(18)16-21/h2-11,16H,12-15H2,1H3. The van der Waals surface area contributed by atoms with Gasteiger partial charge in [-0.25, -0.2) is 8.42 Å². The Bertz CT molecular complexity index is 1170. The van der Waals surface area contributed by atoms with Crippen LogP contribution in [0.4, 0.5) is 0 Å². The van der Waals surface area contributed by atoms with Crippen molar-refractivity contribution in [3.8, 4) is 0 Å². The molecule has 0 spiro atoms. The topological polar surface area (TPSA) is 70.8 Å². The molecule has 0 saturated carbocycles. The second-order valence-corrected chi connectivity index (χ2v) is 8.96. The SMILES string of the molecule is Cc1ccc(C=CC(=O)N2CCN(S(=O)(=O)c3ccc4ccccc4c3)CC2)o1. The molecular formula is C22H22N2O4S. The van der Waals surface area contributed by atoms with Crippen molar-refractivity contribution in [1.29, 1.82) is 0 Å². The minimum absolute atomic E-state index is 0.151. The van der Waals surface area contributed by atoms with Gasteiger partial charge in [0.2, 0.25) is 15.9 Å². The molecule has 29 heavy (non-hydrogen) atoms. The summed E-state index contributed by atoms with van der Waals surface area (Å²) in [5, 5.41) is 1.89. The summed E-state index contributed by atoms with van der Waals surface area (Å²) in [6.07, 6.45) is 3.10. The van der Waals surface area contributed by atoms with E-state index in [1.54, 1.807) is 29.2 Å². The highest BCUT2D eigenvalue weighted by Gasteiger charge is 2.29. The Hall–Kier alpha value is -2.90. The Balaban J connectivity index is 1.42. The van der Waals surface area contributed by atoms with Crippen LogP contribution in [0.15, 0.2) is 70.0 Å². The summed E-state index contributed by atoms with van der Waals surface area (Å²) in [6, 6.07) is 16.5. The average Bonchev–Trinajstić information content (AvgIpc) is 3.17. The molecule has 1 aliphatic rings. The van der Waals surface area contributed by atoms with Gasteiger partial charge in [0.15, 0.2) is 0 Å². The highest BCUT2D eigenvalue weighted by Crippen LogP contribution is 2.23. The molecule has 1 saturated heterocycles. The Morgan fingerprint density at radius 1 is 0.966 bits per heavy atom. The van der Waals surface area contributed by atoms with Gasteiger partial charge in [0.05, 0.1) is 4.90 Å². The number of piperazine rings is 1. The molecule has 6 nitrogen and oxygen atoms in total. The van der Waals surface area contributed by atoms with Crippen molar-refractivity contribution in [2.24, 2.45) is 0 Å².